The van der Waals surface area contributed by atoms with Gasteiger partial charge in [0, 0.05) is 11.6 Å². The Labute approximate surface area is 105 Å². The van der Waals surface area contributed by atoms with Gasteiger partial charge in [-0.25, -0.2) is 0 Å². The molecule has 0 radical (unpaired) electrons. The van der Waals surface area contributed by atoms with Crippen molar-refractivity contribution in [1.29, 1.82) is 0 Å². The highest BCUT2D eigenvalue weighted by Crippen LogP contribution is 2.31. The summed E-state index contributed by atoms with van der Waals surface area (Å²) >= 11 is 0. The molecule has 17 heavy (non-hydrogen) atoms. The lowest BCUT2D eigenvalue weighted by molar-refractivity contribution is -0.143. The monoisotopic (exact) mass is 237 g/mol. The highest BCUT2D eigenvalue weighted by atomic mass is 16.5. The van der Waals surface area contributed by atoms with Crippen molar-refractivity contribution in [3.8, 4) is 12.3 Å². The highest BCUT2D eigenvalue weighted by molar-refractivity contribution is 5.77. The minimum atomic E-state index is -0.0269. The van der Waals surface area contributed by atoms with Gasteiger partial charge in [-0.1, -0.05) is 5.92 Å². The summed E-state index contributed by atoms with van der Waals surface area (Å²) in [6, 6.07) is 0.332. The Morgan fingerprint density at radius 3 is 2.88 bits per heavy atom. The number of terminal acetylenes is 1. The van der Waals surface area contributed by atoms with Gasteiger partial charge in [-0.05, 0) is 40.0 Å². The van der Waals surface area contributed by atoms with Gasteiger partial charge in [-0.15, -0.1) is 6.42 Å². The fourth-order valence-electron chi connectivity index (χ4n) is 2.67. The van der Waals surface area contributed by atoms with Crippen LogP contribution in [0.15, 0.2) is 0 Å². The van der Waals surface area contributed by atoms with Gasteiger partial charge >= 0.3 is 0 Å². The lowest BCUT2D eigenvalue weighted by Crippen LogP contribution is -2.55. The van der Waals surface area contributed by atoms with E-state index in [0.717, 1.165) is 12.8 Å². The Bertz CT molecular complexity index is 304. The normalized spacial score (nSPS) is 23.2. The second kappa shape index (κ2) is 6.07. The molecule has 1 unspecified atom stereocenters. The zero-order valence-electron chi connectivity index (χ0n) is 11.2. The maximum Gasteiger partial charge on any atom is 0.225 e. The second-order valence-electron chi connectivity index (χ2n) is 5.32. The number of carbonyl (C=O) groups excluding carboxylic acids is 1. The smallest absolute Gasteiger partial charge is 0.225 e. The van der Waals surface area contributed by atoms with Crippen LogP contribution < -0.4 is 0 Å². The predicted octanol–water partition coefficient (Wildman–Crippen LogP) is 2.21. The number of hydrogen-bond donors (Lipinski definition) is 0. The summed E-state index contributed by atoms with van der Waals surface area (Å²) in [5, 5.41) is 0. The molecule has 1 heterocycles. The number of ether oxygens (including phenoxy) is 1. The summed E-state index contributed by atoms with van der Waals surface area (Å²) in [6.45, 7) is 7.11. The standard InChI is InChI=1S/C14H23NO2/c1-5-10-17-11-8-13(16)15-12(2)7-6-9-14(15,3)4/h1,12H,6-11H2,2-4H3. The van der Waals surface area contributed by atoms with Crippen LogP contribution in [-0.4, -0.2) is 35.6 Å². The molecule has 96 valence electrons. The molecule has 1 saturated heterocycles. The van der Waals surface area contributed by atoms with Crippen LogP contribution in [0.1, 0.15) is 46.5 Å². The highest BCUT2D eigenvalue weighted by Gasteiger charge is 2.36. The molecule has 1 aliphatic rings. The molecule has 0 aromatic carbocycles. The molecule has 0 bridgehead atoms. The average molecular weight is 237 g/mol. The summed E-state index contributed by atoms with van der Waals surface area (Å²) in [5.41, 5.74) is -0.0269. The Kier molecular flexibility index (Phi) is 5.02. The molecule has 1 rings (SSSR count). The minimum Gasteiger partial charge on any atom is -0.368 e. The van der Waals surface area contributed by atoms with Crippen molar-refractivity contribution >= 4 is 5.91 Å². The van der Waals surface area contributed by atoms with Crippen LogP contribution in [0.4, 0.5) is 0 Å². The zero-order chi connectivity index (χ0) is 12.9. The first kappa shape index (κ1) is 14.1. The molecule has 3 nitrogen and oxygen atoms in total. The summed E-state index contributed by atoms with van der Waals surface area (Å²) in [6.07, 6.45) is 8.88. The van der Waals surface area contributed by atoms with Crippen LogP contribution in [0.5, 0.6) is 0 Å². The lowest BCUT2D eigenvalue weighted by Gasteiger charge is -2.47. The first-order valence-corrected chi connectivity index (χ1v) is 6.32. The zero-order valence-corrected chi connectivity index (χ0v) is 11.2. The summed E-state index contributed by atoms with van der Waals surface area (Å²) in [4.78, 5) is 14.2. The molecule has 0 aromatic heterocycles. The van der Waals surface area contributed by atoms with Crippen molar-refractivity contribution in [2.75, 3.05) is 13.2 Å². The van der Waals surface area contributed by atoms with E-state index in [1.54, 1.807) is 0 Å². The third kappa shape index (κ3) is 3.74. The molecule has 1 aliphatic heterocycles. The third-order valence-electron chi connectivity index (χ3n) is 3.42. The number of likely N-dealkylation sites (tertiary alicyclic amines) is 1. The Morgan fingerprint density at radius 1 is 1.59 bits per heavy atom. The van der Waals surface area contributed by atoms with Gasteiger partial charge in [-0.3, -0.25) is 4.79 Å². The van der Waals surface area contributed by atoms with Crippen LogP contribution in [0.2, 0.25) is 0 Å². The van der Waals surface area contributed by atoms with Crippen LogP contribution in [0, 0.1) is 12.3 Å². The van der Waals surface area contributed by atoms with Gasteiger partial charge in [0.15, 0.2) is 0 Å². The molecular formula is C14H23NO2. The van der Waals surface area contributed by atoms with Crippen molar-refractivity contribution in [2.45, 2.75) is 58.0 Å². The number of carbonyl (C=O) groups is 1. The minimum absolute atomic E-state index is 0.0269. The van der Waals surface area contributed by atoms with E-state index >= 15 is 0 Å². The van der Waals surface area contributed by atoms with E-state index in [9.17, 15) is 4.79 Å². The van der Waals surface area contributed by atoms with E-state index in [4.69, 9.17) is 11.2 Å². The molecule has 3 heteroatoms. The van der Waals surface area contributed by atoms with Crippen LogP contribution in [0.25, 0.3) is 0 Å². The first-order chi connectivity index (χ1) is 7.99. The summed E-state index contributed by atoms with van der Waals surface area (Å²) < 4.78 is 5.16. The second-order valence-corrected chi connectivity index (χ2v) is 5.32. The van der Waals surface area contributed by atoms with E-state index in [2.05, 4.69) is 26.7 Å². The molecule has 0 spiro atoms. The predicted molar refractivity (Wildman–Crippen MR) is 68.5 cm³/mol. The summed E-state index contributed by atoms with van der Waals surface area (Å²) in [5.74, 6) is 2.58. The van der Waals surface area contributed by atoms with Crippen molar-refractivity contribution in [1.82, 2.24) is 4.90 Å². The van der Waals surface area contributed by atoms with E-state index in [1.807, 2.05) is 4.90 Å². The fraction of sp³-hybridized carbons (Fsp3) is 0.786. The number of rotatable bonds is 4. The van der Waals surface area contributed by atoms with Crippen LogP contribution in [-0.2, 0) is 9.53 Å². The number of hydrogen-bond acceptors (Lipinski definition) is 2. The molecule has 1 fully saturated rings. The quantitative estimate of drug-likeness (QED) is 0.554. The van der Waals surface area contributed by atoms with Crippen molar-refractivity contribution in [3.05, 3.63) is 0 Å². The van der Waals surface area contributed by atoms with E-state index in [1.165, 1.54) is 6.42 Å². The molecular weight excluding hydrogens is 214 g/mol. The number of amides is 1. The van der Waals surface area contributed by atoms with Crippen molar-refractivity contribution < 1.29 is 9.53 Å². The molecule has 0 saturated carbocycles. The summed E-state index contributed by atoms with van der Waals surface area (Å²) in [7, 11) is 0. The SMILES string of the molecule is C#CCOCCC(=O)N1C(C)CCCC1(C)C. The van der Waals surface area contributed by atoms with E-state index < -0.39 is 0 Å². The molecule has 0 N–H and O–H groups in total. The lowest BCUT2D eigenvalue weighted by atomic mass is 9.86. The maximum absolute atomic E-state index is 12.2. The van der Waals surface area contributed by atoms with Gasteiger partial charge in [0.25, 0.3) is 0 Å². The van der Waals surface area contributed by atoms with Gasteiger partial charge in [0.05, 0.1) is 13.0 Å². The van der Waals surface area contributed by atoms with Crippen LogP contribution >= 0.6 is 0 Å². The van der Waals surface area contributed by atoms with Crippen LogP contribution in [0.3, 0.4) is 0 Å². The topological polar surface area (TPSA) is 29.5 Å². The number of piperidine rings is 1. The van der Waals surface area contributed by atoms with Crippen molar-refractivity contribution in [3.63, 3.8) is 0 Å². The van der Waals surface area contributed by atoms with E-state index in [-0.39, 0.29) is 18.1 Å². The largest absolute Gasteiger partial charge is 0.368 e. The average Bonchev–Trinajstić information content (AvgIpc) is 2.23. The van der Waals surface area contributed by atoms with Gasteiger partial charge in [0.1, 0.15) is 6.61 Å². The Morgan fingerprint density at radius 2 is 2.29 bits per heavy atom. The molecule has 0 aliphatic carbocycles. The molecule has 1 atom stereocenters. The third-order valence-corrected chi connectivity index (χ3v) is 3.42. The van der Waals surface area contributed by atoms with Crippen molar-refractivity contribution in [2.24, 2.45) is 0 Å². The van der Waals surface area contributed by atoms with E-state index in [0.29, 0.717) is 19.1 Å². The molecule has 1 amide bonds. The fourth-order valence-corrected chi connectivity index (χ4v) is 2.67. The van der Waals surface area contributed by atoms with Gasteiger partial charge < -0.3 is 9.64 Å². The van der Waals surface area contributed by atoms with Gasteiger partial charge in [-0.2, -0.15) is 0 Å². The molecule has 0 aromatic rings. The Balaban J connectivity index is 2.51. The van der Waals surface area contributed by atoms with Gasteiger partial charge in [0.2, 0.25) is 5.91 Å². The number of nitrogens with zero attached hydrogens (tertiary/aromatic N) is 1. The first-order valence-electron chi connectivity index (χ1n) is 6.32. The Hall–Kier alpha value is -1.01. The maximum atomic E-state index is 12.2.